The Morgan fingerprint density at radius 2 is 0.740 bits per heavy atom. The van der Waals surface area contributed by atoms with E-state index in [1.54, 1.807) is 22.7 Å². The van der Waals surface area contributed by atoms with E-state index in [-0.39, 0.29) is 11.6 Å². The first-order valence-electron chi connectivity index (χ1n) is 25.3. The van der Waals surface area contributed by atoms with Crippen molar-refractivity contribution in [1.82, 2.24) is 0 Å². The van der Waals surface area contributed by atoms with Crippen molar-refractivity contribution in [3.8, 4) is 40.4 Å². The van der Waals surface area contributed by atoms with Gasteiger partial charge in [-0.1, -0.05) is 159 Å². The average molecular weight is 1090 g/mol. The lowest BCUT2D eigenvalue weighted by Crippen LogP contribution is -2.09. The number of benzene rings is 6. The molecule has 77 heavy (non-hydrogen) atoms. The van der Waals surface area contributed by atoms with E-state index >= 15 is 0 Å². The summed E-state index contributed by atoms with van der Waals surface area (Å²) in [6.07, 6.45) is 5.14. The highest BCUT2D eigenvalue weighted by atomic mass is 32.1. The Hall–Kier alpha value is -7.89. The van der Waals surface area contributed by atoms with Crippen molar-refractivity contribution in [2.45, 2.75) is 34.6 Å². The molecule has 9 heteroatoms. The molecule has 0 aliphatic carbocycles. The summed E-state index contributed by atoms with van der Waals surface area (Å²) in [7, 11) is 0. The minimum absolute atomic E-state index is 0.0467. The van der Waals surface area contributed by atoms with Gasteiger partial charge in [-0.15, -0.1) is 56.7 Å². The highest BCUT2D eigenvalue weighted by Crippen LogP contribution is 2.43. The summed E-state index contributed by atoms with van der Waals surface area (Å²) < 4.78 is 0. The molecule has 5 aromatic heterocycles. The molecule has 0 bridgehead atoms. The van der Waals surface area contributed by atoms with E-state index in [4.69, 9.17) is 0 Å². The molecule has 11 rings (SSSR count). The molecular formula is C68H55NO3S5. The van der Waals surface area contributed by atoms with Crippen molar-refractivity contribution < 1.29 is 14.4 Å². The number of nitrogens with zero attached hydrogens (tertiary/aromatic N) is 1. The highest BCUT2D eigenvalue weighted by molar-refractivity contribution is 7.25. The number of carbonyl (C=O) groups excluding carboxylic acids is 3. The van der Waals surface area contributed by atoms with Gasteiger partial charge in [-0.05, 0) is 146 Å². The summed E-state index contributed by atoms with van der Waals surface area (Å²) >= 11 is 8.03. The van der Waals surface area contributed by atoms with E-state index in [9.17, 15) is 14.4 Å². The molecule has 0 aliphatic rings. The molecule has 0 radical (unpaired) electrons. The fraction of sp³-hybridized carbons (Fsp3) is 0.0735. The SMILES string of the molecule is C/C(=C\C=C(/C)c1ccc(C=O)s1)c1ccc(N(c2ccc(-c3ccc(-c4ccc(C(=O)c5ccccc5)s4)s3)cc2)c2ccc(-c3ccc(-c4ccc(C(=O)c5ccccc5)s4)s3)cc2)cc1.CC.Cc1ccccc1. The van der Waals surface area contributed by atoms with Crippen LogP contribution in [0.25, 0.3) is 51.5 Å². The molecule has 0 saturated carbocycles. The van der Waals surface area contributed by atoms with Crippen molar-refractivity contribution in [2.24, 2.45) is 0 Å². The molecular weight excluding hydrogens is 1040 g/mol. The van der Waals surface area contributed by atoms with Crippen LogP contribution in [0.3, 0.4) is 0 Å². The van der Waals surface area contributed by atoms with Crippen LogP contribution in [0.15, 0.2) is 237 Å². The third kappa shape index (κ3) is 13.2. The molecule has 0 atom stereocenters. The minimum atomic E-state index is 0.0467. The zero-order valence-electron chi connectivity index (χ0n) is 43.3. The molecule has 0 aliphatic heterocycles. The van der Waals surface area contributed by atoms with E-state index in [0.717, 1.165) is 100.0 Å². The van der Waals surface area contributed by atoms with E-state index in [1.165, 1.54) is 39.6 Å². The van der Waals surface area contributed by atoms with Gasteiger partial charge in [0.25, 0.3) is 0 Å². The Kier molecular flexibility index (Phi) is 18.0. The van der Waals surface area contributed by atoms with Gasteiger partial charge >= 0.3 is 0 Å². The van der Waals surface area contributed by atoms with Crippen molar-refractivity contribution in [3.63, 3.8) is 0 Å². The third-order valence-electron chi connectivity index (χ3n) is 12.5. The highest BCUT2D eigenvalue weighted by Gasteiger charge is 2.18. The predicted octanol–water partition coefficient (Wildman–Crippen LogP) is 20.9. The summed E-state index contributed by atoms with van der Waals surface area (Å²) in [6.45, 7) is 10.3. The topological polar surface area (TPSA) is 54.5 Å². The first-order chi connectivity index (χ1) is 37.7. The summed E-state index contributed by atoms with van der Waals surface area (Å²) in [5.74, 6) is 0.0933. The van der Waals surface area contributed by atoms with Crippen molar-refractivity contribution >= 4 is 103 Å². The fourth-order valence-corrected chi connectivity index (χ4v) is 13.3. The van der Waals surface area contributed by atoms with Gasteiger partial charge in [-0.25, -0.2) is 0 Å². The van der Waals surface area contributed by atoms with Crippen LogP contribution in [0.5, 0.6) is 0 Å². The normalized spacial score (nSPS) is 11.2. The Balaban J connectivity index is 0.000000737. The monoisotopic (exact) mass is 1090 g/mol. The Morgan fingerprint density at radius 1 is 0.364 bits per heavy atom. The van der Waals surface area contributed by atoms with Gasteiger partial charge in [0.2, 0.25) is 11.6 Å². The molecule has 11 aromatic rings. The smallest absolute Gasteiger partial charge is 0.202 e. The summed E-state index contributed by atoms with van der Waals surface area (Å²) in [5, 5.41) is 0. The van der Waals surface area contributed by atoms with Crippen LogP contribution in [0.1, 0.15) is 83.8 Å². The molecule has 0 fully saturated rings. The van der Waals surface area contributed by atoms with Gasteiger partial charge in [-0.2, -0.15) is 0 Å². The van der Waals surface area contributed by atoms with Crippen LogP contribution in [0.4, 0.5) is 17.1 Å². The molecule has 380 valence electrons. The second kappa shape index (κ2) is 25.8. The average Bonchev–Trinajstić information content (AvgIpc) is 4.38. The number of hydrogen-bond donors (Lipinski definition) is 0. The molecule has 4 nitrogen and oxygen atoms in total. The van der Waals surface area contributed by atoms with Crippen LogP contribution in [0, 0.1) is 6.92 Å². The first-order valence-corrected chi connectivity index (χ1v) is 29.4. The number of thiophene rings is 5. The molecule has 5 heterocycles. The fourth-order valence-electron chi connectivity index (χ4n) is 8.36. The number of rotatable bonds is 15. The summed E-state index contributed by atoms with van der Waals surface area (Å²) in [6, 6.07) is 75.7. The lowest BCUT2D eigenvalue weighted by atomic mass is 10.0. The number of allylic oxidation sites excluding steroid dienone is 4. The van der Waals surface area contributed by atoms with Crippen LogP contribution in [-0.2, 0) is 0 Å². The van der Waals surface area contributed by atoms with Crippen LogP contribution < -0.4 is 4.90 Å². The lowest BCUT2D eigenvalue weighted by molar-refractivity contribution is 0.103. The number of aryl methyl sites for hydroxylation is 1. The van der Waals surface area contributed by atoms with Gasteiger partial charge in [-0.3, -0.25) is 14.4 Å². The molecule has 6 aromatic carbocycles. The number of hydrogen-bond acceptors (Lipinski definition) is 9. The number of carbonyl (C=O) groups is 3. The summed E-state index contributed by atoms with van der Waals surface area (Å²) in [5.41, 5.74) is 11.4. The maximum atomic E-state index is 13.1. The van der Waals surface area contributed by atoms with Gasteiger partial charge in [0.15, 0.2) is 6.29 Å². The van der Waals surface area contributed by atoms with Gasteiger partial charge in [0.05, 0.1) is 14.6 Å². The summed E-state index contributed by atoms with van der Waals surface area (Å²) in [4.78, 5) is 49.8. The standard InChI is InChI=1S/C59H41NO3S5.C7H8.C2H6/c1-38(13-14-39(2)49-28-27-48(37-61)64-49)40-15-21-45(22-16-40)60(46-23-17-41(18-24-46)50-29-31-52(65-50)54-33-35-56(67-54)58(62)43-9-5-3-6-10-43)47-25-19-42(20-26-47)51-30-32-53(66-51)55-34-36-57(68-55)59(63)44-11-7-4-8-12-44;1-7-5-3-2-4-6-7;1-2/h3-37H,1-2H3;2-6H,1H3;1-2H3/b38-13+,39-14+;;. The molecule has 0 spiro atoms. The zero-order chi connectivity index (χ0) is 53.7. The van der Waals surface area contributed by atoms with Crippen LogP contribution >= 0.6 is 56.7 Å². The Morgan fingerprint density at radius 3 is 1.16 bits per heavy atom. The van der Waals surface area contributed by atoms with Crippen molar-refractivity contribution in [1.29, 1.82) is 0 Å². The second-order valence-corrected chi connectivity index (χ2v) is 23.1. The number of aldehydes is 1. The number of anilines is 3. The van der Waals surface area contributed by atoms with Gasteiger partial charge in [0, 0.05) is 62.3 Å². The van der Waals surface area contributed by atoms with Gasteiger partial charge < -0.3 is 4.90 Å². The maximum Gasteiger partial charge on any atom is 0.202 e. The van der Waals surface area contributed by atoms with E-state index < -0.39 is 0 Å². The molecule has 0 unspecified atom stereocenters. The second-order valence-electron chi connectivity index (χ2n) is 17.7. The van der Waals surface area contributed by atoms with Crippen molar-refractivity contribution in [2.75, 3.05) is 4.90 Å². The molecule has 0 saturated heterocycles. The van der Waals surface area contributed by atoms with E-state index in [0.29, 0.717) is 11.1 Å². The lowest BCUT2D eigenvalue weighted by Gasteiger charge is -2.26. The van der Waals surface area contributed by atoms with Crippen LogP contribution in [0.2, 0.25) is 0 Å². The number of ketones is 2. The largest absolute Gasteiger partial charge is 0.311 e. The molecule has 0 amide bonds. The first kappa shape index (κ1) is 53.9. The predicted molar refractivity (Wildman–Crippen MR) is 334 cm³/mol. The van der Waals surface area contributed by atoms with Crippen LogP contribution in [-0.4, -0.2) is 17.9 Å². The Bertz CT molecular complexity index is 3610. The van der Waals surface area contributed by atoms with Crippen molar-refractivity contribution in [3.05, 3.63) is 278 Å². The van der Waals surface area contributed by atoms with Gasteiger partial charge in [0.1, 0.15) is 0 Å². The van der Waals surface area contributed by atoms with E-state index in [2.05, 4.69) is 147 Å². The van der Waals surface area contributed by atoms with E-state index in [1.807, 2.05) is 129 Å². The minimum Gasteiger partial charge on any atom is -0.311 e. The molecule has 0 N–H and O–H groups in total. The Labute approximate surface area is 471 Å². The third-order valence-corrected chi connectivity index (χ3v) is 18.5. The maximum absolute atomic E-state index is 13.1. The zero-order valence-corrected chi connectivity index (χ0v) is 47.4. The quantitative estimate of drug-likeness (QED) is 0.0583.